The lowest BCUT2D eigenvalue weighted by Gasteiger charge is -2.01. The largest absolute Gasteiger partial charge is 0.508 e. The smallest absolute Gasteiger partial charge is 0.232 e. The maximum absolute atomic E-state index is 12.6. The van der Waals surface area contributed by atoms with E-state index in [0.717, 1.165) is 16.3 Å². The second-order valence-corrected chi connectivity index (χ2v) is 5.19. The van der Waals surface area contributed by atoms with Crippen molar-refractivity contribution in [3.63, 3.8) is 0 Å². The van der Waals surface area contributed by atoms with E-state index in [1.54, 1.807) is 30.3 Å². The minimum atomic E-state index is -0.111. The fourth-order valence-corrected chi connectivity index (χ4v) is 2.68. The number of hydrogen-bond acceptors (Lipinski definition) is 3. The molecule has 0 saturated carbocycles. The molecule has 0 aromatic heterocycles. The van der Waals surface area contributed by atoms with Gasteiger partial charge in [-0.3, -0.25) is 4.79 Å². The molecule has 0 saturated heterocycles. The van der Waals surface area contributed by atoms with E-state index in [4.69, 9.17) is 4.74 Å². The number of fused-ring (bicyclic) bond motifs is 3. The van der Waals surface area contributed by atoms with E-state index in [1.165, 1.54) is 0 Å². The molecule has 1 heterocycles. The number of phenolic OH excluding ortho intramolecular Hbond substituents is 1. The van der Waals surface area contributed by atoms with Gasteiger partial charge >= 0.3 is 0 Å². The van der Waals surface area contributed by atoms with E-state index >= 15 is 0 Å². The summed E-state index contributed by atoms with van der Waals surface area (Å²) in [6.07, 6.45) is 1.69. The van der Waals surface area contributed by atoms with E-state index in [2.05, 4.69) is 0 Å². The monoisotopic (exact) mass is 288 g/mol. The normalized spacial score (nSPS) is 15.1. The number of benzene rings is 3. The van der Waals surface area contributed by atoms with Gasteiger partial charge in [0.05, 0.1) is 5.56 Å². The molecule has 3 nitrogen and oxygen atoms in total. The highest BCUT2D eigenvalue weighted by Gasteiger charge is 2.29. The molecule has 3 heteroatoms. The molecule has 0 atom stereocenters. The summed E-state index contributed by atoms with van der Waals surface area (Å²) >= 11 is 0. The SMILES string of the molecule is O=C1C(=Cc2ccc(O)cc2)Oc2ccc3ccccc3c21. The van der Waals surface area contributed by atoms with E-state index in [9.17, 15) is 9.90 Å². The molecule has 0 unspecified atom stereocenters. The number of Topliss-reactive ketones (excluding diaryl/α,β-unsaturated/α-hetero) is 1. The Morgan fingerprint density at radius 1 is 0.909 bits per heavy atom. The van der Waals surface area contributed by atoms with Crippen LogP contribution in [0.15, 0.2) is 66.4 Å². The van der Waals surface area contributed by atoms with Gasteiger partial charge in [-0.2, -0.15) is 0 Å². The average molecular weight is 288 g/mol. The molecule has 0 aliphatic carbocycles. The van der Waals surface area contributed by atoms with Crippen LogP contribution in [0, 0.1) is 0 Å². The molecular weight excluding hydrogens is 276 g/mol. The standard InChI is InChI=1S/C19H12O3/c20-14-8-5-12(6-9-14)11-17-19(21)18-15-4-2-1-3-13(15)7-10-16(18)22-17/h1-11,20H. The minimum absolute atomic E-state index is 0.111. The first kappa shape index (κ1) is 12.7. The van der Waals surface area contributed by atoms with Gasteiger partial charge in [-0.15, -0.1) is 0 Å². The molecule has 1 N–H and O–H groups in total. The number of rotatable bonds is 1. The number of aromatic hydroxyl groups is 1. The van der Waals surface area contributed by atoms with Crippen LogP contribution < -0.4 is 4.74 Å². The van der Waals surface area contributed by atoms with Crippen molar-refractivity contribution in [2.24, 2.45) is 0 Å². The lowest BCUT2D eigenvalue weighted by molar-refractivity contribution is 0.101. The summed E-state index contributed by atoms with van der Waals surface area (Å²) in [7, 11) is 0. The molecule has 106 valence electrons. The minimum Gasteiger partial charge on any atom is -0.508 e. The van der Waals surface area contributed by atoms with Gasteiger partial charge in [0, 0.05) is 0 Å². The first-order valence-corrected chi connectivity index (χ1v) is 6.97. The topological polar surface area (TPSA) is 46.5 Å². The second-order valence-electron chi connectivity index (χ2n) is 5.19. The van der Waals surface area contributed by atoms with Gasteiger partial charge in [0.1, 0.15) is 11.5 Å². The molecule has 0 amide bonds. The van der Waals surface area contributed by atoms with Crippen LogP contribution in [0.5, 0.6) is 11.5 Å². The van der Waals surface area contributed by atoms with E-state index < -0.39 is 0 Å². The zero-order valence-electron chi connectivity index (χ0n) is 11.6. The van der Waals surface area contributed by atoms with Crippen LogP contribution in [0.2, 0.25) is 0 Å². The Hall–Kier alpha value is -3.07. The predicted octanol–water partition coefficient (Wildman–Crippen LogP) is 4.16. The summed E-state index contributed by atoms with van der Waals surface area (Å²) in [6.45, 7) is 0. The molecule has 0 bridgehead atoms. The van der Waals surface area contributed by atoms with Gasteiger partial charge < -0.3 is 9.84 Å². The Morgan fingerprint density at radius 3 is 2.50 bits per heavy atom. The van der Waals surface area contributed by atoms with Crippen LogP contribution in [0.3, 0.4) is 0 Å². The maximum Gasteiger partial charge on any atom is 0.232 e. The highest BCUT2D eigenvalue weighted by molar-refractivity contribution is 6.21. The molecule has 4 rings (SSSR count). The van der Waals surface area contributed by atoms with E-state index in [1.807, 2.05) is 36.4 Å². The summed E-state index contributed by atoms with van der Waals surface area (Å²) in [4.78, 5) is 12.6. The fraction of sp³-hybridized carbons (Fsp3) is 0. The van der Waals surface area contributed by atoms with Crippen molar-refractivity contribution >= 4 is 22.6 Å². The van der Waals surface area contributed by atoms with Crippen molar-refractivity contribution in [3.05, 3.63) is 77.5 Å². The number of carbonyl (C=O) groups excluding carboxylic acids is 1. The van der Waals surface area contributed by atoms with Gasteiger partial charge in [0.25, 0.3) is 0 Å². The number of carbonyl (C=O) groups is 1. The van der Waals surface area contributed by atoms with Crippen molar-refractivity contribution in [2.75, 3.05) is 0 Å². The van der Waals surface area contributed by atoms with Crippen LogP contribution in [-0.2, 0) is 0 Å². The van der Waals surface area contributed by atoms with Gasteiger partial charge in [-0.05, 0) is 40.6 Å². The molecule has 3 aromatic rings. The van der Waals surface area contributed by atoms with Crippen LogP contribution in [0.25, 0.3) is 16.8 Å². The predicted molar refractivity (Wildman–Crippen MR) is 85.0 cm³/mol. The van der Waals surface area contributed by atoms with Crippen molar-refractivity contribution in [2.45, 2.75) is 0 Å². The van der Waals surface area contributed by atoms with Crippen LogP contribution in [0.4, 0.5) is 0 Å². The summed E-state index contributed by atoms with van der Waals surface area (Å²) in [5.41, 5.74) is 1.42. The number of phenols is 1. The van der Waals surface area contributed by atoms with Crippen molar-refractivity contribution in [1.82, 2.24) is 0 Å². The first-order chi connectivity index (χ1) is 10.7. The molecule has 1 aliphatic heterocycles. The van der Waals surface area contributed by atoms with Gasteiger partial charge in [-0.25, -0.2) is 0 Å². The molecule has 1 aliphatic rings. The summed E-state index contributed by atoms with van der Waals surface area (Å²) < 4.78 is 5.71. The van der Waals surface area contributed by atoms with E-state index in [0.29, 0.717) is 17.1 Å². The highest BCUT2D eigenvalue weighted by Crippen LogP contribution is 2.37. The Kier molecular flexibility index (Phi) is 2.73. The Balaban J connectivity index is 1.82. The van der Waals surface area contributed by atoms with Gasteiger partial charge in [0.2, 0.25) is 5.78 Å². The Morgan fingerprint density at radius 2 is 1.68 bits per heavy atom. The van der Waals surface area contributed by atoms with E-state index in [-0.39, 0.29) is 11.5 Å². The van der Waals surface area contributed by atoms with Gasteiger partial charge in [-0.1, -0.05) is 42.5 Å². The number of hydrogen-bond donors (Lipinski definition) is 1. The summed E-state index contributed by atoms with van der Waals surface area (Å²) in [5.74, 6) is 0.973. The second kappa shape index (κ2) is 4.74. The molecule has 22 heavy (non-hydrogen) atoms. The zero-order valence-corrected chi connectivity index (χ0v) is 11.6. The highest BCUT2D eigenvalue weighted by atomic mass is 16.5. The van der Waals surface area contributed by atoms with Crippen LogP contribution in [0.1, 0.15) is 15.9 Å². The van der Waals surface area contributed by atoms with Crippen molar-refractivity contribution in [3.8, 4) is 11.5 Å². The quantitative estimate of drug-likeness (QED) is 0.684. The third-order valence-corrected chi connectivity index (χ3v) is 3.75. The Labute approximate surface area is 127 Å². The lowest BCUT2D eigenvalue weighted by atomic mass is 10.0. The fourth-order valence-electron chi connectivity index (χ4n) is 2.68. The molecule has 0 fully saturated rings. The van der Waals surface area contributed by atoms with Crippen molar-refractivity contribution in [1.29, 1.82) is 0 Å². The third kappa shape index (κ3) is 1.95. The molecular formula is C19H12O3. The number of ketones is 1. The van der Waals surface area contributed by atoms with Crippen LogP contribution in [-0.4, -0.2) is 10.9 Å². The van der Waals surface area contributed by atoms with Crippen LogP contribution >= 0.6 is 0 Å². The summed E-state index contributed by atoms with van der Waals surface area (Å²) in [5, 5.41) is 11.2. The Bertz CT molecular complexity index is 921. The average Bonchev–Trinajstić information content (AvgIpc) is 2.86. The number of ether oxygens (including phenoxy) is 1. The molecule has 0 radical (unpaired) electrons. The van der Waals surface area contributed by atoms with Gasteiger partial charge in [0.15, 0.2) is 5.76 Å². The maximum atomic E-state index is 12.6. The third-order valence-electron chi connectivity index (χ3n) is 3.75. The lowest BCUT2D eigenvalue weighted by Crippen LogP contribution is -1.98. The molecule has 3 aromatic carbocycles. The zero-order chi connectivity index (χ0) is 15.1. The van der Waals surface area contributed by atoms with Crippen molar-refractivity contribution < 1.29 is 14.6 Å². The summed E-state index contributed by atoms with van der Waals surface area (Å²) in [6, 6.07) is 18.2. The molecule has 0 spiro atoms. The first-order valence-electron chi connectivity index (χ1n) is 6.97. The number of allylic oxidation sites excluding steroid dienone is 1.